The molecule has 2 heterocycles. The molecule has 112 valence electrons. The van der Waals surface area contributed by atoms with Crippen LogP contribution in [0.5, 0.6) is 0 Å². The first-order valence-corrected chi connectivity index (χ1v) is 10.5. The fraction of sp³-hybridized carbons (Fsp3) is 0.692. The molecule has 3 rings (SSSR count). The van der Waals surface area contributed by atoms with Crippen LogP contribution in [-0.2, 0) is 16.4 Å². The lowest BCUT2D eigenvalue weighted by molar-refractivity contribution is 0.565. The van der Waals surface area contributed by atoms with Crippen LogP contribution in [0.4, 0.5) is 0 Å². The fourth-order valence-corrected chi connectivity index (χ4v) is 6.13. The molecule has 4 nitrogen and oxygen atoms in total. The minimum absolute atomic E-state index is 0.104. The Morgan fingerprint density at radius 1 is 1.20 bits per heavy atom. The maximum Gasteiger partial charge on any atom is 0.250 e. The minimum Gasteiger partial charge on any atom is -0.314 e. The van der Waals surface area contributed by atoms with Crippen LogP contribution in [0.15, 0.2) is 16.3 Å². The van der Waals surface area contributed by atoms with Crippen molar-refractivity contribution in [3.05, 3.63) is 17.0 Å². The molecule has 20 heavy (non-hydrogen) atoms. The average molecular weight is 333 g/mol. The topological polar surface area (TPSA) is 58.2 Å². The quantitative estimate of drug-likeness (QED) is 0.800. The van der Waals surface area contributed by atoms with E-state index in [2.05, 4.69) is 10.0 Å². The van der Waals surface area contributed by atoms with Crippen molar-refractivity contribution in [3.63, 3.8) is 0 Å². The van der Waals surface area contributed by atoms with Crippen LogP contribution in [0.3, 0.4) is 0 Å². The molecule has 7 heteroatoms. The van der Waals surface area contributed by atoms with Gasteiger partial charge in [0.15, 0.2) is 0 Å². The van der Waals surface area contributed by atoms with E-state index < -0.39 is 10.0 Å². The van der Waals surface area contributed by atoms with Crippen molar-refractivity contribution >= 4 is 33.1 Å². The van der Waals surface area contributed by atoms with Gasteiger partial charge in [-0.3, -0.25) is 0 Å². The van der Waals surface area contributed by atoms with Gasteiger partial charge in [0.05, 0.1) is 0 Å². The normalized spacial score (nSPS) is 23.3. The van der Waals surface area contributed by atoms with Gasteiger partial charge in [-0.2, -0.15) is 11.8 Å². The van der Waals surface area contributed by atoms with Gasteiger partial charge in [-0.15, -0.1) is 11.3 Å². The third-order valence-electron chi connectivity index (χ3n) is 3.54. The molecule has 1 unspecified atom stereocenters. The van der Waals surface area contributed by atoms with Crippen molar-refractivity contribution in [1.29, 1.82) is 0 Å². The third kappa shape index (κ3) is 3.98. The molecule has 0 aromatic carbocycles. The van der Waals surface area contributed by atoms with E-state index in [0.717, 1.165) is 35.8 Å². The summed E-state index contributed by atoms with van der Waals surface area (Å²) < 4.78 is 27.8. The highest BCUT2D eigenvalue weighted by molar-refractivity contribution is 7.99. The Labute approximate surface area is 128 Å². The molecule has 2 N–H and O–H groups in total. The average Bonchev–Trinajstić information content (AvgIpc) is 2.90. The summed E-state index contributed by atoms with van der Waals surface area (Å²) in [5.74, 6) is 1.94. The van der Waals surface area contributed by atoms with Gasteiger partial charge >= 0.3 is 0 Å². The number of thioether (sulfide) groups is 1. The second-order valence-electron chi connectivity index (χ2n) is 5.38. The third-order valence-corrected chi connectivity index (χ3v) is 7.85. The first kappa shape index (κ1) is 14.8. The summed E-state index contributed by atoms with van der Waals surface area (Å²) in [6.45, 7) is 0.942. The fourth-order valence-electron chi connectivity index (χ4n) is 2.23. The summed E-state index contributed by atoms with van der Waals surface area (Å²) in [5.41, 5.74) is 0. The lowest BCUT2D eigenvalue weighted by Gasteiger charge is -2.10. The van der Waals surface area contributed by atoms with E-state index in [1.807, 2.05) is 17.8 Å². The number of thiophene rings is 1. The molecule has 0 spiro atoms. The number of hydrogen-bond donors (Lipinski definition) is 2. The molecule has 1 aromatic heterocycles. The molecule has 0 radical (unpaired) electrons. The largest absolute Gasteiger partial charge is 0.314 e. The SMILES string of the molecule is O=S(=O)(NC1CCSC1)c1ccc(CCNC2CC2)s1. The van der Waals surface area contributed by atoms with Gasteiger partial charge in [-0.1, -0.05) is 0 Å². The minimum atomic E-state index is -3.32. The monoisotopic (exact) mass is 332 g/mol. The zero-order valence-electron chi connectivity index (χ0n) is 11.3. The molecule has 1 atom stereocenters. The Bertz CT molecular complexity index is 546. The maximum absolute atomic E-state index is 12.3. The van der Waals surface area contributed by atoms with Crippen molar-refractivity contribution in [2.75, 3.05) is 18.1 Å². The van der Waals surface area contributed by atoms with Crippen LogP contribution in [0.1, 0.15) is 24.1 Å². The molecular weight excluding hydrogens is 312 g/mol. The van der Waals surface area contributed by atoms with Crippen molar-refractivity contribution in [2.24, 2.45) is 0 Å². The second-order valence-corrected chi connectivity index (χ2v) is 9.64. The highest BCUT2D eigenvalue weighted by Crippen LogP contribution is 2.25. The van der Waals surface area contributed by atoms with Crippen molar-refractivity contribution in [1.82, 2.24) is 10.0 Å². The van der Waals surface area contributed by atoms with Gasteiger partial charge in [0.25, 0.3) is 0 Å². The smallest absolute Gasteiger partial charge is 0.250 e. The van der Waals surface area contributed by atoms with E-state index >= 15 is 0 Å². The van der Waals surface area contributed by atoms with E-state index in [-0.39, 0.29) is 6.04 Å². The predicted octanol–water partition coefficient (Wildman–Crippen LogP) is 1.83. The lowest BCUT2D eigenvalue weighted by atomic mass is 10.3. The number of nitrogens with one attached hydrogen (secondary N) is 2. The molecule has 1 saturated heterocycles. The molecule has 1 saturated carbocycles. The van der Waals surface area contributed by atoms with E-state index in [0.29, 0.717) is 10.3 Å². The summed E-state index contributed by atoms with van der Waals surface area (Å²) in [6, 6.07) is 4.49. The molecular formula is C13H20N2O2S3. The van der Waals surface area contributed by atoms with Crippen LogP contribution >= 0.6 is 23.1 Å². The van der Waals surface area contributed by atoms with E-state index in [1.54, 1.807) is 6.07 Å². The number of rotatable bonds is 7. The van der Waals surface area contributed by atoms with Crippen LogP contribution < -0.4 is 10.0 Å². The zero-order valence-corrected chi connectivity index (χ0v) is 13.7. The summed E-state index contributed by atoms with van der Waals surface area (Å²) in [6.07, 6.45) is 4.42. The van der Waals surface area contributed by atoms with Gasteiger partial charge in [0, 0.05) is 29.3 Å². The van der Waals surface area contributed by atoms with Crippen LogP contribution in [0, 0.1) is 0 Å². The van der Waals surface area contributed by atoms with E-state index in [9.17, 15) is 8.42 Å². The van der Waals surface area contributed by atoms with Gasteiger partial charge in [0.1, 0.15) is 4.21 Å². The highest BCUT2D eigenvalue weighted by atomic mass is 32.2. The Balaban J connectivity index is 1.56. The summed E-state index contributed by atoms with van der Waals surface area (Å²) in [5, 5.41) is 3.45. The summed E-state index contributed by atoms with van der Waals surface area (Å²) in [7, 11) is -3.32. The van der Waals surface area contributed by atoms with Gasteiger partial charge in [-0.25, -0.2) is 13.1 Å². The highest BCUT2D eigenvalue weighted by Gasteiger charge is 2.24. The summed E-state index contributed by atoms with van der Waals surface area (Å²) in [4.78, 5) is 1.14. The number of sulfonamides is 1. The molecule has 0 bridgehead atoms. The van der Waals surface area contributed by atoms with Gasteiger partial charge in [0.2, 0.25) is 10.0 Å². The van der Waals surface area contributed by atoms with Gasteiger partial charge in [-0.05, 0) is 43.6 Å². The molecule has 1 aliphatic heterocycles. The molecule has 1 aromatic rings. The second kappa shape index (κ2) is 6.36. The van der Waals surface area contributed by atoms with Crippen LogP contribution in [0.2, 0.25) is 0 Å². The van der Waals surface area contributed by atoms with Crippen molar-refractivity contribution in [3.8, 4) is 0 Å². The number of hydrogen-bond acceptors (Lipinski definition) is 5. The lowest BCUT2D eigenvalue weighted by Crippen LogP contribution is -2.34. The predicted molar refractivity (Wildman–Crippen MR) is 85.1 cm³/mol. The molecule has 2 aliphatic rings. The van der Waals surface area contributed by atoms with Gasteiger partial charge < -0.3 is 5.32 Å². The van der Waals surface area contributed by atoms with Crippen LogP contribution in [0.25, 0.3) is 0 Å². The van der Waals surface area contributed by atoms with E-state index in [1.165, 1.54) is 24.2 Å². The Morgan fingerprint density at radius 2 is 2.05 bits per heavy atom. The first-order chi connectivity index (χ1) is 9.63. The van der Waals surface area contributed by atoms with Crippen molar-refractivity contribution in [2.45, 2.75) is 42.0 Å². The maximum atomic E-state index is 12.3. The van der Waals surface area contributed by atoms with E-state index in [4.69, 9.17) is 0 Å². The van der Waals surface area contributed by atoms with Crippen LogP contribution in [-0.4, -0.2) is 38.6 Å². The molecule has 1 aliphatic carbocycles. The first-order valence-electron chi connectivity index (χ1n) is 7.06. The Kier molecular flexibility index (Phi) is 4.72. The Hall–Kier alpha value is -0.0800. The Morgan fingerprint density at radius 3 is 2.75 bits per heavy atom. The zero-order chi connectivity index (χ0) is 14.0. The van der Waals surface area contributed by atoms with Crippen molar-refractivity contribution < 1.29 is 8.42 Å². The standard InChI is InChI=1S/C13H20N2O2S3/c16-20(17,15-11-6-8-18-9-11)13-4-3-12(19-13)5-7-14-10-1-2-10/h3-4,10-11,14-15H,1-2,5-9H2. The summed E-state index contributed by atoms with van der Waals surface area (Å²) >= 11 is 3.21. The molecule has 2 fully saturated rings. The molecule has 0 amide bonds.